The van der Waals surface area contributed by atoms with Gasteiger partial charge in [0.05, 0.1) is 14.6 Å². The number of carbonyl (C=O) groups excluding carboxylic acids is 1. The molecule has 0 spiro atoms. The van der Waals surface area contributed by atoms with Crippen molar-refractivity contribution < 1.29 is 9.53 Å². The Balaban J connectivity index is 2.67. The SMILES string of the molecule is CCOC(=O)C(C)(C)Sc1ccc(Br)s1. The fourth-order valence-electron chi connectivity index (χ4n) is 0.951. The van der Waals surface area contributed by atoms with Gasteiger partial charge in [-0.05, 0) is 48.8 Å². The van der Waals surface area contributed by atoms with E-state index in [1.165, 1.54) is 11.8 Å². The van der Waals surface area contributed by atoms with Crippen LogP contribution in [0.1, 0.15) is 20.8 Å². The lowest BCUT2D eigenvalue weighted by Gasteiger charge is -2.20. The lowest BCUT2D eigenvalue weighted by molar-refractivity contribution is -0.145. The van der Waals surface area contributed by atoms with Crippen molar-refractivity contribution in [3.8, 4) is 0 Å². The number of halogens is 1. The summed E-state index contributed by atoms with van der Waals surface area (Å²) in [5, 5.41) is 0. The number of esters is 1. The first-order valence-electron chi connectivity index (χ1n) is 4.57. The number of ether oxygens (including phenoxy) is 1. The standard InChI is InChI=1S/C10H13BrO2S2/c1-4-13-9(12)10(2,3)15-8-6-5-7(11)14-8/h5-6H,4H2,1-3H3. The van der Waals surface area contributed by atoms with Gasteiger partial charge >= 0.3 is 5.97 Å². The Morgan fingerprint density at radius 2 is 2.27 bits per heavy atom. The van der Waals surface area contributed by atoms with Crippen LogP contribution in [0.25, 0.3) is 0 Å². The van der Waals surface area contributed by atoms with Gasteiger partial charge in [-0.3, -0.25) is 4.79 Å². The zero-order valence-electron chi connectivity index (χ0n) is 8.87. The van der Waals surface area contributed by atoms with E-state index in [0.717, 1.165) is 8.00 Å². The van der Waals surface area contributed by atoms with E-state index < -0.39 is 4.75 Å². The molecule has 0 atom stereocenters. The summed E-state index contributed by atoms with van der Waals surface area (Å²) in [6.07, 6.45) is 0. The molecule has 0 unspecified atom stereocenters. The molecule has 0 saturated carbocycles. The molecule has 1 aromatic heterocycles. The van der Waals surface area contributed by atoms with Crippen LogP contribution in [0, 0.1) is 0 Å². The minimum Gasteiger partial charge on any atom is -0.465 e. The average Bonchev–Trinajstić information content (AvgIpc) is 2.50. The predicted molar refractivity (Wildman–Crippen MR) is 68.6 cm³/mol. The first-order chi connectivity index (χ1) is 6.95. The summed E-state index contributed by atoms with van der Waals surface area (Å²) in [7, 11) is 0. The van der Waals surface area contributed by atoms with Crippen LogP contribution in [0.15, 0.2) is 20.1 Å². The lowest BCUT2D eigenvalue weighted by atomic mass is 10.2. The van der Waals surface area contributed by atoms with Gasteiger partial charge in [0, 0.05) is 0 Å². The third kappa shape index (κ3) is 3.81. The van der Waals surface area contributed by atoms with Crippen molar-refractivity contribution in [3.05, 3.63) is 15.9 Å². The maximum atomic E-state index is 11.6. The molecular weight excluding hydrogens is 296 g/mol. The van der Waals surface area contributed by atoms with E-state index in [0.29, 0.717) is 6.61 Å². The summed E-state index contributed by atoms with van der Waals surface area (Å²) in [4.78, 5) is 11.6. The summed E-state index contributed by atoms with van der Waals surface area (Å²) < 4.78 is 6.68. The summed E-state index contributed by atoms with van der Waals surface area (Å²) in [6, 6.07) is 3.98. The highest BCUT2D eigenvalue weighted by molar-refractivity contribution is 9.11. The Morgan fingerprint density at radius 1 is 1.60 bits per heavy atom. The number of hydrogen-bond donors (Lipinski definition) is 0. The highest BCUT2D eigenvalue weighted by Gasteiger charge is 2.30. The number of carbonyl (C=O) groups is 1. The van der Waals surface area contributed by atoms with Crippen molar-refractivity contribution in [1.29, 1.82) is 0 Å². The highest BCUT2D eigenvalue weighted by atomic mass is 79.9. The average molecular weight is 309 g/mol. The molecule has 0 bridgehead atoms. The second-order valence-corrected chi connectivity index (χ2v) is 7.78. The van der Waals surface area contributed by atoms with Gasteiger partial charge in [0.25, 0.3) is 0 Å². The van der Waals surface area contributed by atoms with Crippen LogP contribution in [-0.2, 0) is 9.53 Å². The Kier molecular flexibility index (Phi) is 4.67. The molecule has 0 aliphatic heterocycles. The van der Waals surface area contributed by atoms with Crippen LogP contribution in [0.3, 0.4) is 0 Å². The maximum Gasteiger partial charge on any atom is 0.322 e. The lowest BCUT2D eigenvalue weighted by Crippen LogP contribution is -2.29. The minimum absolute atomic E-state index is 0.167. The summed E-state index contributed by atoms with van der Waals surface area (Å²) >= 11 is 6.55. The molecule has 0 N–H and O–H groups in total. The van der Waals surface area contributed by atoms with Crippen molar-refractivity contribution in [1.82, 2.24) is 0 Å². The van der Waals surface area contributed by atoms with E-state index in [9.17, 15) is 4.79 Å². The molecule has 0 fully saturated rings. The highest BCUT2D eigenvalue weighted by Crippen LogP contribution is 2.39. The molecule has 2 nitrogen and oxygen atoms in total. The molecule has 0 aliphatic carbocycles. The molecule has 5 heteroatoms. The molecule has 0 saturated heterocycles. The van der Waals surface area contributed by atoms with E-state index >= 15 is 0 Å². The smallest absolute Gasteiger partial charge is 0.322 e. The van der Waals surface area contributed by atoms with E-state index in [4.69, 9.17) is 4.74 Å². The van der Waals surface area contributed by atoms with Gasteiger partial charge in [0.1, 0.15) is 4.75 Å². The van der Waals surface area contributed by atoms with Crippen molar-refractivity contribution in [2.45, 2.75) is 29.7 Å². The second kappa shape index (κ2) is 5.37. The molecule has 0 aromatic carbocycles. The molecule has 0 aliphatic rings. The molecular formula is C10H13BrO2S2. The van der Waals surface area contributed by atoms with E-state index in [-0.39, 0.29) is 5.97 Å². The molecule has 84 valence electrons. The number of thiophene rings is 1. The van der Waals surface area contributed by atoms with Crippen molar-refractivity contribution >= 4 is 45.0 Å². The summed E-state index contributed by atoms with van der Waals surface area (Å²) in [5.74, 6) is -0.167. The quantitative estimate of drug-likeness (QED) is 0.622. The van der Waals surface area contributed by atoms with Crippen molar-refractivity contribution in [3.63, 3.8) is 0 Å². The van der Waals surface area contributed by atoms with Crippen LogP contribution in [0.2, 0.25) is 0 Å². The van der Waals surface area contributed by atoms with Crippen molar-refractivity contribution in [2.75, 3.05) is 6.61 Å². The third-order valence-electron chi connectivity index (χ3n) is 1.67. The molecule has 0 amide bonds. The Morgan fingerprint density at radius 3 is 2.73 bits per heavy atom. The Hall–Kier alpha value is -0.0000000000000000833. The molecule has 1 heterocycles. The van der Waals surface area contributed by atoms with Gasteiger partial charge in [0.2, 0.25) is 0 Å². The number of hydrogen-bond acceptors (Lipinski definition) is 4. The normalized spacial score (nSPS) is 11.5. The minimum atomic E-state index is -0.527. The summed E-state index contributed by atoms with van der Waals surface area (Å²) in [6.45, 7) is 6.00. The first-order valence-corrected chi connectivity index (χ1v) is 7.00. The van der Waals surface area contributed by atoms with E-state index in [1.807, 2.05) is 32.9 Å². The van der Waals surface area contributed by atoms with Gasteiger partial charge in [-0.25, -0.2) is 0 Å². The van der Waals surface area contributed by atoms with E-state index in [2.05, 4.69) is 15.9 Å². The van der Waals surface area contributed by atoms with Gasteiger partial charge in [-0.2, -0.15) is 0 Å². The molecule has 0 radical (unpaired) electrons. The molecule has 15 heavy (non-hydrogen) atoms. The zero-order chi connectivity index (χ0) is 11.5. The number of rotatable bonds is 4. The largest absolute Gasteiger partial charge is 0.465 e. The van der Waals surface area contributed by atoms with Gasteiger partial charge < -0.3 is 4.74 Å². The van der Waals surface area contributed by atoms with Gasteiger partial charge in [-0.15, -0.1) is 11.3 Å². The van der Waals surface area contributed by atoms with Gasteiger partial charge in [0.15, 0.2) is 0 Å². The fraction of sp³-hybridized carbons (Fsp3) is 0.500. The van der Waals surface area contributed by atoms with Crippen LogP contribution >= 0.6 is 39.0 Å². The van der Waals surface area contributed by atoms with Crippen LogP contribution < -0.4 is 0 Å². The zero-order valence-corrected chi connectivity index (χ0v) is 12.1. The number of thioether (sulfide) groups is 1. The predicted octanol–water partition coefficient (Wildman–Crippen LogP) is 3.94. The van der Waals surface area contributed by atoms with Crippen LogP contribution in [-0.4, -0.2) is 17.3 Å². The monoisotopic (exact) mass is 308 g/mol. The van der Waals surface area contributed by atoms with E-state index in [1.54, 1.807) is 11.3 Å². The van der Waals surface area contributed by atoms with Gasteiger partial charge in [-0.1, -0.05) is 11.8 Å². The first kappa shape index (κ1) is 13.1. The third-order valence-corrected chi connectivity index (χ3v) is 4.60. The summed E-state index contributed by atoms with van der Waals surface area (Å²) in [5.41, 5.74) is 0. The second-order valence-electron chi connectivity index (χ2n) is 3.39. The van der Waals surface area contributed by atoms with Crippen LogP contribution in [0.4, 0.5) is 0 Å². The molecule has 1 rings (SSSR count). The maximum absolute atomic E-state index is 11.6. The van der Waals surface area contributed by atoms with Crippen LogP contribution in [0.5, 0.6) is 0 Å². The Labute approximate surface area is 107 Å². The molecule has 1 aromatic rings. The van der Waals surface area contributed by atoms with Crippen molar-refractivity contribution in [2.24, 2.45) is 0 Å². The topological polar surface area (TPSA) is 26.3 Å². The fourth-order valence-corrected chi connectivity index (χ4v) is 4.23. The Bertz CT molecular complexity index is 347.